The lowest BCUT2D eigenvalue weighted by Gasteiger charge is -2.13. The lowest BCUT2D eigenvalue weighted by atomic mass is 10.0. The van der Waals surface area contributed by atoms with Crippen molar-refractivity contribution >= 4 is 0 Å². The van der Waals surface area contributed by atoms with E-state index in [1.54, 1.807) is 21.3 Å². The quantitative estimate of drug-likeness (QED) is 0.458. The summed E-state index contributed by atoms with van der Waals surface area (Å²) >= 11 is 0. The van der Waals surface area contributed by atoms with Crippen molar-refractivity contribution in [3.63, 3.8) is 0 Å². The Bertz CT molecular complexity index is 1250. The van der Waals surface area contributed by atoms with E-state index in [0.717, 1.165) is 22.4 Å². The van der Waals surface area contributed by atoms with Gasteiger partial charge in [0.05, 0.1) is 19.9 Å². The zero-order valence-corrected chi connectivity index (χ0v) is 17.5. The van der Waals surface area contributed by atoms with E-state index in [2.05, 4.69) is 10.4 Å². The van der Waals surface area contributed by atoms with Gasteiger partial charge >= 0.3 is 5.69 Å². The fourth-order valence-corrected chi connectivity index (χ4v) is 3.24. The van der Waals surface area contributed by atoms with Crippen LogP contribution in [0, 0.1) is 0 Å². The Hall–Kier alpha value is -4.07. The standard InChI is InChI=1S/C23H22N4O4/c1-26-23(28)27(25-24-26)21-7-5-4-6-17(21)15-31-19-12-13-20(22(14-19)30-3)16-8-10-18(29-2)11-9-16/h4-14H,15H2,1-3H3. The molecule has 0 amide bonds. The molecule has 0 fully saturated rings. The number of benzene rings is 3. The third-order valence-corrected chi connectivity index (χ3v) is 4.91. The number of tetrazole rings is 1. The van der Waals surface area contributed by atoms with Crippen molar-refractivity contribution in [2.24, 2.45) is 7.05 Å². The van der Waals surface area contributed by atoms with Crippen molar-refractivity contribution in [2.45, 2.75) is 6.61 Å². The van der Waals surface area contributed by atoms with Crippen molar-refractivity contribution in [1.82, 2.24) is 19.8 Å². The number of aryl methyl sites for hydroxylation is 1. The van der Waals surface area contributed by atoms with Crippen LogP contribution in [0.3, 0.4) is 0 Å². The fourth-order valence-electron chi connectivity index (χ4n) is 3.24. The van der Waals surface area contributed by atoms with Crippen LogP contribution in [0.2, 0.25) is 0 Å². The van der Waals surface area contributed by atoms with E-state index in [1.165, 1.54) is 9.36 Å². The first-order chi connectivity index (χ1) is 15.1. The molecular formula is C23H22N4O4. The minimum Gasteiger partial charge on any atom is -0.497 e. The van der Waals surface area contributed by atoms with Gasteiger partial charge in [0.1, 0.15) is 23.9 Å². The van der Waals surface area contributed by atoms with Crippen molar-refractivity contribution < 1.29 is 14.2 Å². The molecule has 158 valence electrons. The Morgan fingerprint density at radius 3 is 2.29 bits per heavy atom. The van der Waals surface area contributed by atoms with Crippen LogP contribution < -0.4 is 19.9 Å². The maximum atomic E-state index is 12.2. The summed E-state index contributed by atoms with van der Waals surface area (Å²) in [7, 11) is 4.82. The van der Waals surface area contributed by atoms with Crippen LogP contribution in [0.1, 0.15) is 5.56 Å². The Balaban J connectivity index is 1.57. The second-order valence-corrected chi connectivity index (χ2v) is 6.80. The number of hydrogen-bond acceptors (Lipinski definition) is 6. The molecule has 1 aromatic heterocycles. The zero-order valence-electron chi connectivity index (χ0n) is 17.5. The van der Waals surface area contributed by atoms with Gasteiger partial charge in [-0.25, -0.2) is 4.79 Å². The molecule has 0 bridgehead atoms. The Labute approximate surface area is 179 Å². The fraction of sp³-hybridized carbons (Fsp3) is 0.174. The normalized spacial score (nSPS) is 10.7. The molecule has 0 saturated heterocycles. The first-order valence-corrected chi connectivity index (χ1v) is 9.63. The van der Waals surface area contributed by atoms with Crippen molar-refractivity contribution in [3.05, 3.63) is 82.8 Å². The van der Waals surface area contributed by atoms with Crippen molar-refractivity contribution in [3.8, 4) is 34.1 Å². The average Bonchev–Trinajstić information content (AvgIpc) is 3.15. The predicted octanol–water partition coefficient (Wildman–Crippen LogP) is 3.23. The molecule has 0 radical (unpaired) electrons. The first-order valence-electron chi connectivity index (χ1n) is 9.63. The van der Waals surface area contributed by atoms with Gasteiger partial charge in [-0.2, -0.15) is 9.36 Å². The number of ether oxygens (including phenoxy) is 3. The molecular weight excluding hydrogens is 396 g/mol. The van der Waals surface area contributed by atoms with Gasteiger partial charge in [0.25, 0.3) is 0 Å². The second kappa shape index (κ2) is 8.74. The van der Waals surface area contributed by atoms with Crippen LogP contribution in [-0.2, 0) is 13.7 Å². The summed E-state index contributed by atoms with van der Waals surface area (Å²) in [4.78, 5) is 12.2. The van der Waals surface area contributed by atoms with E-state index in [-0.39, 0.29) is 12.3 Å². The molecule has 4 aromatic rings. The molecule has 0 aliphatic rings. The Morgan fingerprint density at radius 1 is 0.871 bits per heavy atom. The van der Waals surface area contributed by atoms with Gasteiger partial charge in [0, 0.05) is 24.2 Å². The van der Waals surface area contributed by atoms with Gasteiger partial charge in [-0.3, -0.25) is 0 Å². The summed E-state index contributed by atoms with van der Waals surface area (Å²) < 4.78 is 19.2. The van der Waals surface area contributed by atoms with Gasteiger partial charge in [-0.05, 0) is 46.3 Å². The highest BCUT2D eigenvalue weighted by atomic mass is 16.5. The molecule has 8 heteroatoms. The van der Waals surface area contributed by atoms with Gasteiger partial charge in [-0.15, -0.1) is 0 Å². The third kappa shape index (κ3) is 4.13. The molecule has 0 aliphatic carbocycles. The molecule has 0 aliphatic heterocycles. The van der Waals surface area contributed by atoms with Gasteiger partial charge < -0.3 is 14.2 Å². The molecule has 0 atom stereocenters. The first kappa shape index (κ1) is 20.2. The second-order valence-electron chi connectivity index (χ2n) is 6.80. The highest BCUT2D eigenvalue weighted by Crippen LogP contribution is 2.34. The molecule has 0 spiro atoms. The lowest BCUT2D eigenvalue weighted by molar-refractivity contribution is 0.303. The molecule has 4 rings (SSSR count). The van der Waals surface area contributed by atoms with Crippen LogP contribution in [0.4, 0.5) is 0 Å². The number of methoxy groups -OCH3 is 2. The number of hydrogen-bond donors (Lipinski definition) is 0. The van der Waals surface area contributed by atoms with Crippen LogP contribution >= 0.6 is 0 Å². The third-order valence-electron chi connectivity index (χ3n) is 4.91. The molecule has 31 heavy (non-hydrogen) atoms. The van der Waals surface area contributed by atoms with Crippen molar-refractivity contribution in [1.29, 1.82) is 0 Å². The zero-order chi connectivity index (χ0) is 21.8. The Morgan fingerprint density at radius 2 is 1.61 bits per heavy atom. The molecule has 3 aromatic carbocycles. The van der Waals surface area contributed by atoms with E-state index in [0.29, 0.717) is 17.2 Å². The highest BCUT2D eigenvalue weighted by molar-refractivity contribution is 5.72. The maximum Gasteiger partial charge on any atom is 0.368 e. The van der Waals surface area contributed by atoms with Gasteiger partial charge in [0.15, 0.2) is 0 Å². The van der Waals surface area contributed by atoms with Crippen molar-refractivity contribution in [2.75, 3.05) is 14.2 Å². The summed E-state index contributed by atoms with van der Waals surface area (Å²) in [6.45, 7) is 0.254. The minimum absolute atomic E-state index is 0.254. The topological polar surface area (TPSA) is 80.4 Å². The minimum atomic E-state index is -0.321. The summed E-state index contributed by atoms with van der Waals surface area (Å²) in [5, 5.41) is 7.69. The Kier molecular flexibility index (Phi) is 5.70. The smallest absolute Gasteiger partial charge is 0.368 e. The van der Waals surface area contributed by atoms with E-state index in [1.807, 2.05) is 66.7 Å². The summed E-state index contributed by atoms with van der Waals surface area (Å²) in [6.07, 6.45) is 0. The van der Waals surface area contributed by atoms with Crippen LogP contribution in [0.15, 0.2) is 71.5 Å². The van der Waals surface area contributed by atoms with Gasteiger partial charge in [0.2, 0.25) is 0 Å². The molecule has 1 heterocycles. The van der Waals surface area contributed by atoms with Crippen LogP contribution in [0.5, 0.6) is 17.2 Å². The number of nitrogens with zero attached hydrogens (tertiary/aromatic N) is 4. The van der Waals surface area contributed by atoms with Crippen LogP contribution in [-0.4, -0.2) is 34.0 Å². The van der Waals surface area contributed by atoms with Gasteiger partial charge in [-0.1, -0.05) is 30.3 Å². The monoisotopic (exact) mass is 418 g/mol. The lowest BCUT2D eigenvalue weighted by Crippen LogP contribution is -2.23. The summed E-state index contributed by atoms with van der Waals surface area (Å²) in [5.74, 6) is 2.14. The van der Waals surface area contributed by atoms with E-state index >= 15 is 0 Å². The predicted molar refractivity (Wildman–Crippen MR) is 116 cm³/mol. The number of rotatable bonds is 7. The number of para-hydroxylation sites is 1. The van der Waals surface area contributed by atoms with E-state index in [4.69, 9.17) is 14.2 Å². The maximum absolute atomic E-state index is 12.2. The molecule has 8 nitrogen and oxygen atoms in total. The van der Waals surface area contributed by atoms with E-state index < -0.39 is 0 Å². The largest absolute Gasteiger partial charge is 0.497 e. The molecule has 0 N–H and O–H groups in total. The average molecular weight is 418 g/mol. The highest BCUT2D eigenvalue weighted by Gasteiger charge is 2.12. The number of aromatic nitrogens is 4. The molecule has 0 unspecified atom stereocenters. The summed E-state index contributed by atoms with van der Waals surface area (Å²) in [5.41, 5.74) is 3.07. The van der Waals surface area contributed by atoms with Crippen LogP contribution in [0.25, 0.3) is 16.8 Å². The SMILES string of the molecule is COc1ccc(-c2ccc(OCc3ccccc3-n3nnn(C)c3=O)cc2OC)cc1. The molecule has 0 saturated carbocycles. The summed E-state index contributed by atoms with van der Waals surface area (Å²) in [6, 6.07) is 20.9. The van der Waals surface area contributed by atoms with E-state index in [9.17, 15) is 4.79 Å².